The van der Waals surface area contributed by atoms with Crippen LogP contribution in [0.1, 0.15) is 26.3 Å². The summed E-state index contributed by atoms with van der Waals surface area (Å²) in [4.78, 5) is 11.8. The maximum atomic E-state index is 11.8. The first-order valence-corrected chi connectivity index (χ1v) is 8.38. The lowest BCUT2D eigenvalue weighted by Gasteiger charge is -2.20. The summed E-state index contributed by atoms with van der Waals surface area (Å²) >= 11 is 0. The summed E-state index contributed by atoms with van der Waals surface area (Å²) in [7, 11) is -1.62. The first kappa shape index (κ1) is 14.0. The fourth-order valence-corrected chi connectivity index (χ4v) is 5.47. The van der Waals surface area contributed by atoms with E-state index in [-0.39, 0.29) is 5.91 Å². The van der Waals surface area contributed by atoms with Gasteiger partial charge in [-0.25, -0.2) is 4.36 Å². The van der Waals surface area contributed by atoms with Crippen molar-refractivity contribution in [3.63, 3.8) is 0 Å². The minimum atomic E-state index is -1.62. The van der Waals surface area contributed by atoms with Crippen molar-refractivity contribution in [2.45, 2.75) is 26.5 Å². The summed E-state index contributed by atoms with van der Waals surface area (Å²) in [5.74, 6) is 1.99. The lowest BCUT2D eigenvalue weighted by molar-refractivity contribution is -0.113. The molecule has 1 aromatic carbocycles. The SMILES string of the molecule is CC1=CC(=O)N=S(Cc2ccccc2)(CC(C)C)=N1. The Kier molecular flexibility index (Phi) is 4.20. The van der Waals surface area contributed by atoms with Crippen LogP contribution in [0.4, 0.5) is 0 Å². The summed E-state index contributed by atoms with van der Waals surface area (Å²) in [6.45, 7) is 6.20. The van der Waals surface area contributed by atoms with E-state index in [1.54, 1.807) is 0 Å². The molecule has 0 fully saturated rings. The van der Waals surface area contributed by atoms with Crippen LogP contribution in [0.15, 0.2) is 50.8 Å². The molecule has 2 rings (SSSR count). The summed E-state index contributed by atoms with van der Waals surface area (Å²) in [6, 6.07) is 10.2. The predicted octanol–water partition coefficient (Wildman–Crippen LogP) is 3.81. The monoisotopic (exact) mass is 276 g/mol. The van der Waals surface area contributed by atoms with Gasteiger partial charge in [0.25, 0.3) is 5.91 Å². The molecule has 1 heterocycles. The molecule has 0 spiro atoms. The van der Waals surface area contributed by atoms with Crippen molar-refractivity contribution < 1.29 is 4.79 Å². The molecule has 1 aliphatic rings. The van der Waals surface area contributed by atoms with Crippen LogP contribution in [-0.4, -0.2) is 11.7 Å². The molecule has 1 aromatic rings. The Morgan fingerprint density at radius 2 is 1.84 bits per heavy atom. The van der Waals surface area contributed by atoms with Crippen molar-refractivity contribution in [2.24, 2.45) is 14.6 Å². The van der Waals surface area contributed by atoms with Crippen LogP contribution in [0.2, 0.25) is 0 Å². The van der Waals surface area contributed by atoms with E-state index in [1.807, 2.05) is 25.1 Å². The Hall–Kier alpha value is -1.42. The third-order valence-corrected chi connectivity index (χ3v) is 5.89. The van der Waals surface area contributed by atoms with Crippen molar-refractivity contribution in [1.82, 2.24) is 0 Å². The van der Waals surface area contributed by atoms with Gasteiger partial charge in [0, 0.05) is 17.6 Å². The molecule has 102 valence electrons. The van der Waals surface area contributed by atoms with Gasteiger partial charge < -0.3 is 0 Å². The van der Waals surface area contributed by atoms with E-state index in [0.29, 0.717) is 5.92 Å². The van der Waals surface area contributed by atoms with Crippen molar-refractivity contribution in [2.75, 3.05) is 5.75 Å². The highest BCUT2D eigenvalue weighted by atomic mass is 32.2. The Morgan fingerprint density at radius 1 is 1.16 bits per heavy atom. The van der Waals surface area contributed by atoms with Gasteiger partial charge in [0.2, 0.25) is 0 Å². The number of hydrogen-bond acceptors (Lipinski definition) is 2. The molecule has 1 unspecified atom stereocenters. The molecule has 19 heavy (non-hydrogen) atoms. The molecular formula is C15H20N2OS. The molecule has 0 N–H and O–H groups in total. The standard InChI is InChI=1S/C15H20N2OS/c1-12(2)10-19(11-14-7-5-4-6-8-14)16-13(3)9-15(18)17-19/h4-9,12H,10-11H2,1-3H3. The van der Waals surface area contributed by atoms with Crippen LogP contribution >= 0.6 is 0 Å². The molecule has 0 aromatic heterocycles. The third kappa shape index (κ3) is 3.77. The van der Waals surface area contributed by atoms with Crippen LogP contribution in [0, 0.1) is 5.92 Å². The molecule has 3 nitrogen and oxygen atoms in total. The number of hydrogen-bond donors (Lipinski definition) is 0. The van der Waals surface area contributed by atoms with Gasteiger partial charge in [0.15, 0.2) is 0 Å². The van der Waals surface area contributed by atoms with Gasteiger partial charge in [-0.2, -0.15) is 4.36 Å². The second-order valence-electron chi connectivity index (χ2n) is 5.30. The van der Waals surface area contributed by atoms with E-state index < -0.39 is 9.62 Å². The summed E-state index contributed by atoms with van der Waals surface area (Å²) in [5, 5.41) is 0. The number of carbonyl (C=O) groups is 1. The molecule has 0 aliphatic carbocycles. The van der Waals surface area contributed by atoms with E-state index in [2.05, 4.69) is 30.3 Å². The smallest absolute Gasteiger partial charge is 0.267 e. The van der Waals surface area contributed by atoms with E-state index in [9.17, 15) is 4.79 Å². The average Bonchev–Trinajstić information content (AvgIpc) is 2.26. The van der Waals surface area contributed by atoms with E-state index in [4.69, 9.17) is 4.36 Å². The second-order valence-corrected chi connectivity index (χ2v) is 7.89. The van der Waals surface area contributed by atoms with Gasteiger partial charge in [-0.3, -0.25) is 4.79 Å². The molecule has 4 heteroatoms. The summed E-state index contributed by atoms with van der Waals surface area (Å²) in [5.41, 5.74) is 2.01. The van der Waals surface area contributed by atoms with Gasteiger partial charge in [-0.05, 0) is 28.0 Å². The predicted molar refractivity (Wildman–Crippen MR) is 80.8 cm³/mol. The van der Waals surface area contributed by atoms with Gasteiger partial charge in [-0.15, -0.1) is 0 Å². The van der Waals surface area contributed by atoms with Gasteiger partial charge in [0.1, 0.15) is 0 Å². The minimum absolute atomic E-state index is 0.126. The van der Waals surface area contributed by atoms with E-state index >= 15 is 0 Å². The normalized spacial score (nSPS) is 22.7. The highest BCUT2D eigenvalue weighted by Crippen LogP contribution is 2.21. The third-order valence-electron chi connectivity index (χ3n) is 2.75. The first-order chi connectivity index (χ1) is 8.99. The Labute approximate surface area is 115 Å². The maximum Gasteiger partial charge on any atom is 0.278 e. The highest BCUT2D eigenvalue weighted by molar-refractivity contribution is 7.95. The van der Waals surface area contributed by atoms with Crippen LogP contribution in [0.3, 0.4) is 0 Å². The average molecular weight is 276 g/mol. The van der Waals surface area contributed by atoms with E-state index in [0.717, 1.165) is 17.2 Å². The summed E-state index contributed by atoms with van der Waals surface area (Å²) < 4.78 is 9.16. The fraction of sp³-hybridized carbons (Fsp3) is 0.400. The number of carbonyl (C=O) groups excluding carboxylic acids is 1. The molecule has 0 saturated heterocycles. The minimum Gasteiger partial charge on any atom is -0.267 e. The maximum absolute atomic E-state index is 11.8. The second kappa shape index (κ2) is 5.70. The fourth-order valence-electron chi connectivity index (χ4n) is 2.26. The number of benzene rings is 1. The zero-order chi connectivity index (χ0) is 13.9. The molecule has 0 radical (unpaired) electrons. The molecule has 1 aliphatic heterocycles. The van der Waals surface area contributed by atoms with Gasteiger partial charge in [-0.1, -0.05) is 44.2 Å². The topological polar surface area (TPSA) is 41.8 Å². The van der Waals surface area contributed by atoms with Gasteiger partial charge in [0.05, 0.1) is 5.70 Å². The van der Waals surface area contributed by atoms with Crippen molar-refractivity contribution in [3.8, 4) is 0 Å². The number of nitrogens with zero attached hydrogens (tertiary/aromatic N) is 2. The van der Waals surface area contributed by atoms with Crippen molar-refractivity contribution >= 4 is 15.5 Å². The van der Waals surface area contributed by atoms with Crippen molar-refractivity contribution in [3.05, 3.63) is 47.7 Å². The lowest BCUT2D eigenvalue weighted by Crippen LogP contribution is -2.17. The number of rotatable bonds is 4. The quantitative estimate of drug-likeness (QED) is 0.824. The van der Waals surface area contributed by atoms with Crippen LogP contribution in [0.5, 0.6) is 0 Å². The molecule has 0 saturated carbocycles. The zero-order valence-corrected chi connectivity index (χ0v) is 12.5. The van der Waals surface area contributed by atoms with E-state index in [1.165, 1.54) is 11.6 Å². The van der Waals surface area contributed by atoms with Crippen LogP contribution < -0.4 is 0 Å². The summed E-state index contributed by atoms with van der Waals surface area (Å²) in [6.07, 6.45) is 1.52. The lowest BCUT2D eigenvalue weighted by atomic mass is 10.2. The van der Waals surface area contributed by atoms with Crippen molar-refractivity contribution in [1.29, 1.82) is 0 Å². The van der Waals surface area contributed by atoms with Crippen LogP contribution in [0.25, 0.3) is 0 Å². The number of allylic oxidation sites excluding steroid dienone is 1. The largest absolute Gasteiger partial charge is 0.278 e. The molecule has 1 atom stereocenters. The molecular weight excluding hydrogens is 256 g/mol. The number of amides is 1. The molecule has 0 bridgehead atoms. The zero-order valence-electron chi connectivity index (χ0n) is 11.7. The Balaban J connectivity index is 2.46. The van der Waals surface area contributed by atoms with Crippen LogP contribution in [-0.2, 0) is 20.2 Å². The Bertz CT molecular complexity index is 621. The van der Waals surface area contributed by atoms with Gasteiger partial charge >= 0.3 is 0 Å². The Morgan fingerprint density at radius 3 is 2.42 bits per heavy atom. The highest BCUT2D eigenvalue weighted by Gasteiger charge is 2.17. The first-order valence-electron chi connectivity index (χ1n) is 6.50. The molecule has 1 amide bonds.